The average Bonchev–Trinajstić information content (AvgIpc) is 2.86. The van der Waals surface area contributed by atoms with Gasteiger partial charge in [0.15, 0.2) is 0 Å². The molecular weight excluding hydrogens is 292 g/mol. The minimum absolute atomic E-state index is 0.235. The Bertz CT molecular complexity index is 773. The predicted octanol–water partition coefficient (Wildman–Crippen LogP) is 3.38. The molecule has 1 amide bonds. The van der Waals surface area contributed by atoms with Gasteiger partial charge >= 0.3 is 5.97 Å². The molecule has 5 nitrogen and oxygen atoms in total. The summed E-state index contributed by atoms with van der Waals surface area (Å²) in [5.74, 6) is -0.833. The number of amides is 1. The van der Waals surface area contributed by atoms with Crippen LogP contribution in [-0.4, -0.2) is 24.0 Å². The second kappa shape index (κ2) is 6.96. The molecule has 2 N–H and O–H groups in total. The molecule has 0 atom stereocenters. The minimum Gasteiger partial charge on any atom is -0.464 e. The van der Waals surface area contributed by atoms with Crippen molar-refractivity contribution in [3.8, 4) is 0 Å². The molecule has 1 aromatic carbocycles. The van der Waals surface area contributed by atoms with Crippen molar-refractivity contribution in [3.05, 3.63) is 58.4 Å². The van der Waals surface area contributed by atoms with E-state index in [1.54, 1.807) is 19.1 Å². The Morgan fingerprint density at radius 1 is 1.17 bits per heavy atom. The fourth-order valence-electron chi connectivity index (χ4n) is 2.30. The summed E-state index contributed by atoms with van der Waals surface area (Å²) in [6.07, 6.45) is 3.20. The number of carbonyl (C=O) groups excluding carboxylic acids is 2. The number of methoxy groups -OCH3 is 1. The van der Waals surface area contributed by atoms with Crippen molar-refractivity contribution in [3.63, 3.8) is 0 Å². The number of benzene rings is 1. The molecular formula is C18H20N2O3. The van der Waals surface area contributed by atoms with Gasteiger partial charge in [0.05, 0.1) is 12.8 Å². The topological polar surface area (TPSA) is 71.2 Å². The van der Waals surface area contributed by atoms with Crippen LogP contribution < -0.4 is 5.32 Å². The second-order valence-corrected chi connectivity index (χ2v) is 5.42. The molecule has 23 heavy (non-hydrogen) atoms. The van der Waals surface area contributed by atoms with Crippen molar-refractivity contribution < 1.29 is 14.3 Å². The van der Waals surface area contributed by atoms with E-state index in [0.717, 1.165) is 16.8 Å². The van der Waals surface area contributed by atoms with Crippen LogP contribution in [0.3, 0.4) is 0 Å². The molecule has 0 spiro atoms. The smallest absolute Gasteiger partial charge is 0.356 e. The third kappa shape index (κ3) is 4.10. The molecule has 0 bridgehead atoms. The van der Waals surface area contributed by atoms with Crippen LogP contribution in [-0.2, 0) is 9.53 Å². The molecule has 0 unspecified atom stereocenters. The largest absolute Gasteiger partial charge is 0.464 e. The maximum absolute atomic E-state index is 12.1. The molecule has 5 heteroatoms. The number of aromatic nitrogens is 1. The molecule has 0 aliphatic rings. The number of aromatic amines is 1. The number of esters is 1. The van der Waals surface area contributed by atoms with Crippen LogP contribution in [0, 0.1) is 20.8 Å². The number of nitrogens with one attached hydrogen (secondary N) is 2. The lowest BCUT2D eigenvalue weighted by Crippen LogP contribution is -2.12. The summed E-state index contributed by atoms with van der Waals surface area (Å²) in [6, 6.07) is 7.71. The molecule has 0 saturated carbocycles. The van der Waals surface area contributed by atoms with Crippen molar-refractivity contribution >= 4 is 23.6 Å². The Balaban J connectivity index is 2.13. The van der Waals surface area contributed by atoms with E-state index in [1.807, 2.05) is 26.0 Å². The molecule has 0 radical (unpaired) electrons. The number of hydrogen-bond acceptors (Lipinski definition) is 3. The summed E-state index contributed by atoms with van der Waals surface area (Å²) in [5.41, 5.74) is 4.66. The lowest BCUT2D eigenvalue weighted by atomic mass is 10.1. The second-order valence-electron chi connectivity index (χ2n) is 5.42. The zero-order valence-electron chi connectivity index (χ0n) is 13.7. The monoisotopic (exact) mass is 312 g/mol. The first-order valence-electron chi connectivity index (χ1n) is 7.25. The lowest BCUT2D eigenvalue weighted by molar-refractivity contribution is -0.111. The van der Waals surface area contributed by atoms with Gasteiger partial charge < -0.3 is 15.0 Å². The molecule has 1 aromatic heterocycles. The first kappa shape index (κ1) is 16.5. The quantitative estimate of drug-likeness (QED) is 0.671. The minimum atomic E-state index is -0.522. The average molecular weight is 312 g/mol. The van der Waals surface area contributed by atoms with Crippen molar-refractivity contribution in [1.29, 1.82) is 0 Å². The Hall–Kier alpha value is -2.82. The van der Waals surface area contributed by atoms with Gasteiger partial charge in [-0.2, -0.15) is 0 Å². The fourth-order valence-corrected chi connectivity index (χ4v) is 2.30. The van der Waals surface area contributed by atoms with Gasteiger partial charge in [0.1, 0.15) is 5.69 Å². The summed E-state index contributed by atoms with van der Waals surface area (Å²) in [4.78, 5) is 26.6. The predicted molar refractivity (Wildman–Crippen MR) is 90.4 cm³/mol. The van der Waals surface area contributed by atoms with Gasteiger partial charge in [-0.3, -0.25) is 4.79 Å². The van der Waals surface area contributed by atoms with E-state index in [2.05, 4.69) is 21.1 Å². The summed E-state index contributed by atoms with van der Waals surface area (Å²) in [7, 11) is 1.30. The van der Waals surface area contributed by atoms with Gasteiger partial charge in [-0.05, 0) is 44.0 Å². The Kier molecular flexibility index (Phi) is 5.01. The maximum atomic E-state index is 12.1. The van der Waals surface area contributed by atoms with Gasteiger partial charge in [-0.1, -0.05) is 23.8 Å². The van der Waals surface area contributed by atoms with Gasteiger partial charge in [-0.15, -0.1) is 0 Å². The number of anilines is 1. The Morgan fingerprint density at radius 2 is 1.91 bits per heavy atom. The van der Waals surface area contributed by atoms with Gasteiger partial charge in [0.25, 0.3) is 0 Å². The molecule has 0 fully saturated rings. The number of H-pyrrole nitrogens is 1. The summed E-state index contributed by atoms with van der Waals surface area (Å²) in [6.45, 7) is 5.82. The SMILES string of the molecule is COC(=O)c1[nH]c(C)cc1NC(=O)/C=C/c1ccc(C)cc1C. The normalized spacial score (nSPS) is 10.8. The third-order valence-corrected chi connectivity index (χ3v) is 3.44. The zero-order chi connectivity index (χ0) is 17.0. The number of ether oxygens (including phenoxy) is 1. The number of rotatable bonds is 4. The molecule has 0 saturated heterocycles. The molecule has 0 aliphatic heterocycles. The van der Waals surface area contributed by atoms with Crippen LogP contribution in [0.25, 0.3) is 6.08 Å². The van der Waals surface area contributed by atoms with Crippen LogP contribution in [0.15, 0.2) is 30.3 Å². The third-order valence-electron chi connectivity index (χ3n) is 3.44. The van der Waals surface area contributed by atoms with Gasteiger partial charge in [0.2, 0.25) is 5.91 Å². The first-order chi connectivity index (χ1) is 10.9. The maximum Gasteiger partial charge on any atom is 0.356 e. The highest BCUT2D eigenvalue weighted by Gasteiger charge is 2.15. The van der Waals surface area contributed by atoms with E-state index in [9.17, 15) is 9.59 Å². The van der Waals surface area contributed by atoms with Crippen molar-refractivity contribution in [2.75, 3.05) is 12.4 Å². The van der Waals surface area contributed by atoms with E-state index >= 15 is 0 Å². The van der Waals surface area contributed by atoms with Gasteiger partial charge in [-0.25, -0.2) is 4.79 Å². The van der Waals surface area contributed by atoms with Crippen molar-refractivity contribution in [2.45, 2.75) is 20.8 Å². The summed E-state index contributed by atoms with van der Waals surface area (Å²) in [5, 5.41) is 2.69. The van der Waals surface area contributed by atoms with E-state index < -0.39 is 5.97 Å². The molecule has 1 heterocycles. The lowest BCUT2D eigenvalue weighted by Gasteiger charge is -2.04. The van der Waals surface area contributed by atoms with E-state index in [4.69, 9.17) is 0 Å². The molecule has 2 aromatic rings. The zero-order valence-corrected chi connectivity index (χ0v) is 13.7. The fraction of sp³-hybridized carbons (Fsp3) is 0.222. The molecule has 120 valence electrons. The first-order valence-corrected chi connectivity index (χ1v) is 7.25. The van der Waals surface area contributed by atoms with E-state index in [1.165, 1.54) is 18.7 Å². The summed E-state index contributed by atoms with van der Waals surface area (Å²) >= 11 is 0. The van der Waals surface area contributed by atoms with Crippen LogP contribution in [0.4, 0.5) is 5.69 Å². The van der Waals surface area contributed by atoms with Crippen LogP contribution in [0.5, 0.6) is 0 Å². The van der Waals surface area contributed by atoms with Crippen molar-refractivity contribution in [1.82, 2.24) is 4.98 Å². The van der Waals surface area contributed by atoms with Crippen LogP contribution >= 0.6 is 0 Å². The molecule has 2 rings (SSSR count). The number of aryl methyl sites for hydroxylation is 3. The Morgan fingerprint density at radius 3 is 2.57 bits per heavy atom. The number of carbonyl (C=O) groups is 2. The number of hydrogen-bond donors (Lipinski definition) is 2. The van der Waals surface area contributed by atoms with Crippen LogP contribution in [0.2, 0.25) is 0 Å². The standard InChI is InChI=1S/C18H20N2O3/c1-11-5-6-14(12(2)9-11)7-8-16(21)20-15-10-13(3)19-17(15)18(22)23-4/h5-10,19H,1-4H3,(H,20,21)/b8-7+. The van der Waals surface area contributed by atoms with Crippen LogP contribution in [0.1, 0.15) is 32.9 Å². The van der Waals surface area contributed by atoms with E-state index in [0.29, 0.717) is 5.69 Å². The Labute approximate surface area is 135 Å². The summed E-state index contributed by atoms with van der Waals surface area (Å²) < 4.78 is 4.69. The highest BCUT2D eigenvalue weighted by atomic mass is 16.5. The molecule has 0 aliphatic carbocycles. The highest BCUT2D eigenvalue weighted by Crippen LogP contribution is 2.18. The highest BCUT2D eigenvalue weighted by molar-refractivity contribution is 6.06. The van der Waals surface area contributed by atoms with Crippen molar-refractivity contribution in [2.24, 2.45) is 0 Å². The van der Waals surface area contributed by atoms with E-state index in [-0.39, 0.29) is 11.6 Å². The van der Waals surface area contributed by atoms with Gasteiger partial charge in [0, 0.05) is 11.8 Å².